The molecule has 0 fully saturated rings. The molecule has 0 atom stereocenters. The summed E-state index contributed by atoms with van der Waals surface area (Å²) in [5.41, 5.74) is 11.8. The molecule has 0 spiro atoms. The lowest BCUT2D eigenvalue weighted by Gasteiger charge is -2.31. The van der Waals surface area contributed by atoms with Crippen LogP contribution in [-0.4, -0.2) is 20.7 Å². The molecule has 7 aromatic rings. The van der Waals surface area contributed by atoms with Crippen molar-refractivity contribution >= 4 is 37.6 Å². The predicted molar refractivity (Wildman–Crippen MR) is 196 cm³/mol. The Morgan fingerprint density at radius 2 is 1.26 bits per heavy atom. The van der Waals surface area contributed by atoms with Gasteiger partial charge in [-0.25, -0.2) is 0 Å². The van der Waals surface area contributed by atoms with Crippen molar-refractivity contribution in [3.05, 3.63) is 138 Å². The molecule has 5 aromatic carbocycles. The van der Waals surface area contributed by atoms with E-state index in [0.29, 0.717) is 11.1 Å². The van der Waals surface area contributed by atoms with Gasteiger partial charge in [0.05, 0.1) is 33.0 Å². The third-order valence-electron chi connectivity index (χ3n) is 8.84. The number of furan rings is 1. The van der Waals surface area contributed by atoms with E-state index in [4.69, 9.17) is 25.1 Å². The highest BCUT2D eigenvalue weighted by molar-refractivity contribution is 6.18. The molecule has 0 aliphatic rings. The van der Waals surface area contributed by atoms with E-state index in [-0.39, 0.29) is 0 Å². The molecule has 7 rings (SSSR count). The maximum atomic E-state index is 10.2. The fraction of sp³-hybridized carbons (Fsp3) is 0.143. The van der Waals surface area contributed by atoms with Crippen LogP contribution in [0.25, 0.3) is 66.6 Å². The van der Waals surface area contributed by atoms with Crippen molar-refractivity contribution in [3.8, 4) is 50.7 Å². The molecule has 2 aromatic heterocycles. The summed E-state index contributed by atoms with van der Waals surface area (Å²) in [7, 11) is 13.4. The van der Waals surface area contributed by atoms with E-state index in [0.717, 1.165) is 72.1 Å². The zero-order valence-corrected chi connectivity index (χ0v) is 27.0. The van der Waals surface area contributed by atoms with Crippen LogP contribution in [0.3, 0.4) is 0 Å². The van der Waals surface area contributed by atoms with E-state index in [1.54, 1.807) is 0 Å². The first-order valence-corrected chi connectivity index (χ1v) is 15.8. The van der Waals surface area contributed by atoms with Gasteiger partial charge in [-0.15, -0.1) is 0 Å². The van der Waals surface area contributed by atoms with E-state index in [1.165, 1.54) is 0 Å². The molecule has 222 valence electrons. The fourth-order valence-electron chi connectivity index (χ4n) is 6.52. The molecule has 0 saturated carbocycles. The SMILES string of the molecule is [B]C(C)(C)c1cccc(C([B])(C)C)c1-c1ccnc(-c2cccc3c2oc2cc(-c4ccc(-c5ccccc5)cc4)c(C#N)cc23)c1. The smallest absolute Gasteiger partial charge is 0.144 e. The van der Waals surface area contributed by atoms with Crippen molar-refractivity contribution in [1.82, 2.24) is 4.98 Å². The minimum Gasteiger partial charge on any atom is -0.455 e. The highest BCUT2D eigenvalue weighted by Gasteiger charge is 2.26. The van der Waals surface area contributed by atoms with Gasteiger partial charge in [0.15, 0.2) is 0 Å². The Balaban J connectivity index is 1.36. The number of hydrogen-bond acceptors (Lipinski definition) is 3. The molecule has 0 aliphatic heterocycles. The van der Waals surface area contributed by atoms with Gasteiger partial charge in [0.25, 0.3) is 0 Å². The summed E-state index contributed by atoms with van der Waals surface area (Å²) in [6, 6.07) is 41.2. The highest BCUT2D eigenvalue weighted by atomic mass is 16.3. The number of aromatic nitrogens is 1. The summed E-state index contributed by atoms with van der Waals surface area (Å²) >= 11 is 0. The molecule has 47 heavy (non-hydrogen) atoms. The van der Waals surface area contributed by atoms with E-state index < -0.39 is 10.6 Å². The van der Waals surface area contributed by atoms with Gasteiger partial charge < -0.3 is 4.42 Å². The summed E-state index contributed by atoms with van der Waals surface area (Å²) in [5, 5.41) is 10.9. The first-order valence-electron chi connectivity index (χ1n) is 15.8. The Morgan fingerprint density at radius 3 is 1.91 bits per heavy atom. The molecule has 2 heterocycles. The molecule has 5 heteroatoms. The largest absolute Gasteiger partial charge is 0.455 e. The number of fused-ring (bicyclic) bond motifs is 3. The van der Waals surface area contributed by atoms with Gasteiger partial charge in [0.1, 0.15) is 11.2 Å². The van der Waals surface area contributed by atoms with Crippen LogP contribution in [0.2, 0.25) is 0 Å². The molecule has 0 saturated heterocycles. The summed E-state index contributed by atoms with van der Waals surface area (Å²) in [6.07, 6.45) is 1.82. The maximum absolute atomic E-state index is 10.2. The third-order valence-corrected chi connectivity index (χ3v) is 8.84. The van der Waals surface area contributed by atoms with Crippen LogP contribution in [0.15, 0.2) is 126 Å². The highest BCUT2D eigenvalue weighted by Crippen LogP contribution is 2.42. The van der Waals surface area contributed by atoms with Crippen LogP contribution in [0.5, 0.6) is 0 Å². The fourth-order valence-corrected chi connectivity index (χ4v) is 6.52. The van der Waals surface area contributed by atoms with Crippen molar-refractivity contribution in [3.63, 3.8) is 0 Å². The lowest BCUT2D eigenvalue weighted by atomic mass is 9.60. The van der Waals surface area contributed by atoms with Gasteiger partial charge in [0.2, 0.25) is 0 Å². The van der Waals surface area contributed by atoms with Gasteiger partial charge >= 0.3 is 0 Å². The molecule has 0 unspecified atom stereocenters. The zero-order valence-electron chi connectivity index (χ0n) is 27.0. The minimum atomic E-state index is -0.587. The van der Waals surface area contributed by atoms with Crippen molar-refractivity contribution < 1.29 is 4.42 Å². The quantitative estimate of drug-likeness (QED) is 0.178. The van der Waals surface area contributed by atoms with E-state index in [1.807, 2.05) is 94.6 Å². The molecule has 0 N–H and O–H groups in total. The van der Waals surface area contributed by atoms with Crippen LogP contribution in [0.4, 0.5) is 0 Å². The normalized spacial score (nSPS) is 12.0. The summed E-state index contributed by atoms with van der Waals surface area (Å²) in [4.78, 5) is 4.80. The number of benzene rings is 5. The Bertz CT molecular complexity index is 2290. The van der Waals surface area contributed by atoms with E-state index in [2.05, 4.69) is 60.7 Å². The molecular formula is C42H32B2N2O. The number of nitriles is 1. The molecule has 4 radical (unpaired) electrons. The summed E-state index contributed by atoms with van der Waals surface area (Å²) in [5.74, 6) is 0. The minimum absolute atomic E-state index is 0.587. The van der Waals surface area contributed by atoms with Crippen LogP contribution in [0, 0.1) is 11.3 Å². The van der Waals surface area contributed by atoms with Crippen LogP contribution >= 0.6 is 0 Å². The number of pyridine rings is 1. The maximum Gasteiger partial charge on any atom is 0.144 e. The van der Waals surface area contributed by atoms with Gasteiger partial charge in [-0.1, -0.05) is 113 Å². The topological polar surface area (TPSA) is 49.8 Å². The lowest BCUT2D eigenvalue weighted by Crippen LogP contribution is -2.23. The average molecular weight is 602 g/mol. The molecular weight excluding hydrogens is 570 g/mol. The van der Waals surface area contributed by atoms with Crippen LogP contribution in [0.1, 0.15) is 44.4 Å². The van der Waals surface area contributed by atoms with Crippen molar-refractivity contribution in [2.75, 3.05) is 0 Å². The average Bonchev–Trinajstić information content (AvgIpc) is 3.45. The molecule has 3 nitrogen and oxygen atoms in total. The van der Waals surface area contributed by atoms with Crippen molar-refractivity contribution in [2.45, 2.75) is 38.3 Å². The first kappa shape index (κ1) is 30.3. The van der Waals surface area contributed by atoms with E-state index in [9.17, 15) is 5.26 Å². The monoisotopic (exact) mass is 602 g/mol. The number of rotatable bonds is 6. The van der Waals surface area contributed by atoms with Gasteiger partial charge in [-0.2, -0.15) is 5.26 Å². The van der Waals surface area contributed by atoms with Gasteiger partial charge in [-0.3, -0.25) is 4.98 Å². The number of para-hydroxylation sites is 1. The Kier molecular flexibility index (Phi) is 7.41. The third kappa shape index (κ3) is 5.55. The first-order chi connectivity index (χ1) is 22.5. The number of hydrogen-bond donors (Lipinski definition) is 0. The second kappa shape index (κ2) is 11.5. The summed E-state index contributed by atoms with van der Waals surface area (Å²) < 4.78 is 6.60. The Labute approximate surface area is 278 Å². The Hall–Kier alpha value is -5.33. The summed E-state index contributed by atoms with van der Waals surface area (Å²) in [6.45, 7) is 8.05. The standard InChI is InChI=1S/C42H32B2N2O/c1-41(2,43)35-14-9-15-36(42(3,4)44)39(35)29-20-21-46-37(23-29)32-13-8-12-31-34-22-30(25-45)33(24-38(34)47-40(31)32)28-18-16-27(17-19-28)26-10-6-5-7-11-26/h5-24H,1-4H3. The zero-order chi connectivity index (χ0) is 32.9. The van der Waals surface area contributed by atoms with Gasteiger partial charge in [0, 0.05) is 28.1 Å². The molecule has 0 amide bonds. The molecule has 0 aliphatic carbocycles. The predicted octanol–water partition coefficient (Wildman–Crippen LogP) is 10.3. The van der Waals surface area contributed by atoms with Crippen LogP contribution < -0.4 is 0 Å². The second-order valence-electron chi connectivity index (χ2n) is 13.3. The van der Waals surface area contributed by atoms with Gasteiger partial charge in [-0.05, 0) is 79.9 Å². The Morgan fingerprint density at radius 1 is 0.617 bits per heavy atom. The van der Waals surface area contributed by atoms with Crippen molar-refractivity contribution in [1.29, 1.82) is 5.26 Å². The lowest BCUT2D eigenvalue weighted by molar-refractivity contribution is 0.670. The van der Waals surface area contributed by atoms with Crippen molar-refractivity contribution in [2.24, 2.45) is 0 Å². The molecule has 0 bridgehead atoms. The number of nitrogens with zero attached hydrogens (tertiary/aromatic N) is 2. The van der Waals surface area contributed by atoms with Crippen LogP contribution in [-0.2, 0) is 10.6 Å². The second-order valence-corrected chi connectivity index (χ2v) is 13.3. The van der Waals surface area contributed by atoms with E-state index >= 15 is 0 Å².